The lowest BCUT2D eigenvalue weighted by Crippen LogP contribution is -2.53. The summed E-state index contributed by atoms with van der Waals surface area (Å²) in [4.78, 5) is 13.1. The second-order valence-electron chi connectivity index (χ2n) is 4.12. The molecule has 17 heavy (non-hydrogen) atoms. The number of hydrogen-bond acceptors (Lipinski definition) is 3. The number of hydrogen-bond donors (Lipinski definition) is 1. The fourth-order valence-corrected chi connectivity index (χ4v) is 1.95. The van der Waals surface area contributed by atoms with Crippen LogP contribution in [0.3, 0.4) is 0 Å². The van der Waals surface area contributed by atoms with Gasteiger partial charge < -0.3 is 4.90 Å². The van der Waals surface area contributed by atoms with Crippen LogP contribution in [0.4, 0.5) is 10.1 Å². The molecule has 0 aliphatic carbocycles. The van der Waals surface area contributed by atoms with Gasteiger partial charge in [0.15, 0.2) is 0 Å². The number of carbonyl (C=O) groups excluding carboxylic acids is 1. The van der Waals surface area contributed by atoms with Crippen LogP contribution < -0.4 is 10.3 Å². The Labute approximate surface area is 100.0 Å². The van der Waals surface area contributed by atoms with Crippen molar-refractivity contribution in [2.75, 3.05) is 31.1 Å². The van der Waals surface area contributed by atoms with Crippen molar-refractivity contribution >= 4 is 11.6 Å². The van der Waals surface area contributed by atoms with Gasteiger partial charge in [-0.25, -0.2) is 9.40 Å². The van der Waals surface area contributed by atoms with E-state index < -0.39 is 0 Å². The van der Waals surface area contributed by atoms with Crippen molar-refractivity contribution in [3.63, 3.8) is 0 Å². The highest BCUT2D eigenvalue weighted by Crippen LogP contribution is 2.16. The summed E-state index contributed by atoms with van der Waals surface area (Å²) in [6.07, 6.45) is 0. The van der Waals surface area contributed by atoms with E-state index in [2.05, 4.69) is 10.3 Å². The van der Waals surface area contributed by atoms with Gasteiger partial charge in [0, 0.05) is 38.8 Å². The Morgan fingerprint density at radius 1 is 1.18 bits per heavy atom. The van der Waals surface area contributed by atoms with E-state index in [1.165, 1.54) is 19.1 Å². The number of amides is 1. The molecule has 1 aliphatic heterocycles. The summed E-state index contributed by atoms with van der Waals surface area (Å²) in [6.45, 7) is 4.71. The molecule has 0 aromatic heterocycles. The summed E-state index contributed by atoms with van der Waals surface area (Å²) in [5.41, 5.74) is 3.79. The summed E-state index contributed by atoms with van der Waals surface area (Å²) in [6, 6.07) is 6.50. The summed E-state index contributed by atoms with van der Waals surface area (Å²) in [5, 5.41) is 1.91. The lowest BCUT2D eigenvalue weighted by atomic mass is 10.2. The molecular weight excluding hydrogens is 221 g/mol. The highest BCUT2D eigenvalue weighted by molar-refractivity contribution is 5.72. The molecule has 0 spiro atoms. The molecule has 5 heteroatoms. The number of anilines is 1. The Hall–Kier alpha value is -1.62. The third-order valence-corrected chi connectivity index (χ3v) is 2.79. The van der Waals surface area contributed by atoms with Crippen molar-refractivity contribution < 1.29 is 9.18 Å². The smallest absolute Gasteiger partial charge is 0.231 e. The predicted molar refractivity (Wildman–Crippen MR) is 64.0 cm³/mol. The first-order valence-electron chi connectivity index (χ1n) is 5.68. The molecule has 0 atom stereocenters. The second kappa shape index (κ2) is 5.14. The van der Waals surface area contributed by atoms with Crippen LogP contribution in [-0.2, 0) is 4.79 Å². The van der Waals surface area contributed by atoms with Gasteiger partial charge in [0.05, 0.1) is 0 Å². The van der Waals surface area contributed by atoms with E-state index in [4.69, 9.17) is 0 Å². The molecule has 1 heterocycles. The van der Waals surface area contributed by atoms with Gasteiger partial charge in [-0.2, -0.15) is 0 Å². The molecule has 1 aromatic carbocycles. The highest BCUT2D eigenvalue weighted by Gasteiger charge is 2.17. The quantitative estimate of drug-likeness (QED) is 0.833. The van der Waals surface area contributed by atoms with Crippen molar-refractivity contribution in [3.05, 3.63) is 30.1 Å². The van der Waals surface area contributed by atoms with E-state index in [1.54, 1.807) is 12.1 Å². The monoisotopic (exact) mass is 237 g/mol. The van der Waals surface area contributed by atoms with Crippen molar-refractivity contribution in [1.82, 2.24) is 10.4 Å². The third kappa shape index (κ3) is 3.17. The Morgan fingerprint density at radius 2 is 1.76 bits per heavy atom. The predicted octanol–water partition coefficient (Wildman–Crippen LogP) is 0.999. The van der Waals surface area contributed by atoms with E-state index >= 15 is 0 Å². The standard InChI is InChI=1S/C12H16FN3O/c1-10(17)14-16-8-6-15(7-9-16)12-4-2-11(13)3-5-12/h2-5H,6-9H2,1H3,(H,14,17). The van der Waals surface area contributed by atoms with Gasteiger partial charge in [0.1, 0.15) is 5.82 Å². The maximum atomic E-state index is 12.8. The normalized spacial score (nSPS) is 16.9. The summed E-state index contributed by atoms with van der Waals surface area (Å²) < 4.78 is 12.8. The molecule has 0 saturated carbocycles. The largest absolute Gasteiger partial charge is 0.369 e. The highest BCUT2D eigenvalue weighted by atomic mass is 19.1. The molecule has 1 fully saturated rings. The van der Waals surface area contributed by atoms with Crippen LogP contribution >= 0.6 is 0 Å². The Bertz CT molecular complexity index is 385. The Balaban J connectivity index is 1.90. The van der Waals surface area contributed by atoms with Gasteiger partial charge in [0.25, 0.3) is 0 Å². The van der Waals surface area contributed by atoms with Crippen LogP contribution in [0.25, 0.3) is 0 Å². The number of nitrogens with zero attached hydrogens (tertiary/aromatic N) is 2. The number of hydrazine groups is 1. The lowest BCUT2D eigenvalue weighted by Gasteiger charge is -2.35. The summed E-state index contributed by atoms with van der Waals surface area (Å²) >= 11 is 0. The van der Waals surface area contributed by atoms with E-state index in [0.29, 0.717) is 0 Å². The van der Waals surface area contributed by atoms with Gasteiger partial charge >= 0.3 is 0 Å². The number of carbonyl (C=O) groups is 1. The van der Waals surface area contributed by atoms with Crippen molar-refractivity contribution in [3.8, 4) is 0 Å². The topological polar surface area (TPSA) is 35.6 Å². The van der Waals surface area contributed by atoms with Crippen LogP contribution in [0.2, 0.25) is 0 Å². The van der Waals surface area contributed by atoms with Gasteiger partial charge in [-0.15, -0.1) is 0 Å². The molecule has 1 aromatic rings. The Morgan fingerprint density at radius 3 is 2.29 bits per heavy atom. The van der Waals surface area contributed by atoms with Crippen LogP contribution in [0.5, 0.6) is 0 Å². The van der Waals surface area contributed by atoms with Crippen molar-refractivity contribution in [2.45, 2.75) is 6.92 Å². The molecular formula is C12H16FN3O. The SMILES string of the molecule is CC(=O)NN1CCN(c2ccc(F)cc2)CC1. The lowest BCUT2D eigenvalue weighted by molar-refractivity contribution is -0.123. The number of rotatable bonds is 2. The van der Waals surface area contributed by atoms with Crippen LogP contribution in [-0.4, -0.2) is 37.1 Å². The minimum Gasteiger partial charge on any atom is -0.369 e. The first-order chi connectivity index (χ1) is 8.15. The molecule has 0 unspecified atom stereocenters. The second-order valence-corrected chi connectivity index (χ2v) is 4.12. The fourth-order valence-electron chi connectivity index (χ4n) is 1.95. The molecule has 92 valence electrons. The third-order valence-electron chi connectivity index (χ3n) is 2.79. The first kappa shape index (κ1) is 11.9. The van der Waals surface area contributed by atoms with Gasteiger partial charge in [-0.1, -0.05) is 0 Å². The number of benzene rings is 1. The maximum Gasteiger partial charge on any atom is 0.231 e. The number of halogens is 1. The van der Waals surface area contributed by atoms with Crippen LogP contribution in [0.1, 0.15) is 6.92 Å². The minimum absolute atomic E-state index is 0.0415. The molecule has 0 bridgehead atoms. The molecule has 1 N–H and O–H groups in total. The minimum atomic E-state index is -0.217. The molecule has 4 nitrogen and oxygen atoms in total. The zero-order valence-corrected chi connectivity index (χ0v) is 9.82. The van der Waals surface area contributed by atoms with Crippen LogP contribution in [0, 0.1) is 5.82 Å². The van der Waals surface area contributed by atoms with Gasteiger partial charge in [-0.3, -0.25) is 10.2 Å². The fraction of sp³-hybridized carbons (Fsp3) is 0.417. The van der Waals surface area contributed by atoms with Crippen molar-refractivity contribution in [1.29, 1.82) is 0 Å². The van der Waals surface area contributed by atoms with Gasteiger partial charge in [-0.05, 0) is 24.3 Å². The van der Waals surface area contributed by atoms with E-state index in [0.717, 1.165) is 31.9 Å². The van der Waals surface area contributed by atoms with Crippen molar-refractivity contribution in [2.24, 2.45) is 0 Å². The first-order valence-corrected chi connectivity index (χ1v) is 5.68. The molecule has 1 amide bonds. The maximum absolute atomic E-state index is 12.8. The summed E-state index contributed by atoms with van der Waals surface area (Å²) in [7, 11) is 0. The number of nitrogens with one attached hydrogen (secondary N) is 1. The average Bonchev–Trinajstić information content (AvgIpc) is 2.30. The van der Waals surface area contributed by atoms with E-state index in [9.17, 15) is 9.18 Å². The number of piperazine rings is 1. The van der Waals surface area contributed by atoms with E-state index in [-0.39, 0.29) is 11.7 Å². The molecule has 1 aliphatic rings. The average molecular weight is 237 g/mol. The van der Waals surface area contributed by atoms with E-state index in [1.807, 2.05) is 5.01 Å². The Kier molecular flexibility index (Phi) is 3.58. The summed E-state index contributed by atoms with van der Waals surface area (Å²) in [5.74, 6) is -0.258. The zero-order valence-electron chi connectivity index (χ0n) is 9.82. The van der Waals surface area contributed by atoms with Crippen LogP contribution in [0.15, 0.2) is 24.3 Å². The van der Waals surface area contributed by atoms with Gasteiger partial charge in [0.2, 0.25) is 5.91 Å². The molecule has 0 radical (unpaired) electrons. The zero-order chi connectivity index (χ0) is 12.3. The molecule has 2 rings (SSSR count). The molecule has 1 saturated heterocycles.